The number of nitrogens with zero attached hydrogens (tertiary/aromatic N) is 1. The third-order valence-electron chi connectivity index (χ3n) is 4.42. The van der Waals surface area contributed by atoms with Gasteiger partial charge in [-0.15, -0.1) is 0 Å². The van der Waals surface area contributed by atoms with E-state index in [2.05, 4.69) is 5.32 Å². The summed E-state index contributed by atoms with van der Waals surface area (Å²) in [6.45, 7) is 2.32. The van der Waals surface area contributed by atoms with Gasteiger partial charge in [0, 0.05) is 19.5 Å². The predicted molar refractivity (Wildman–Crippen MR) is 112 cm³/mol. The van der Waals surface area contributed by atoms with Crippen LogP contribution >= 0.6 is 11.8 Å². The topological polar surface area (TPSA) is 66.5 Å². The molecule has 0 aromatic heterocycles. The van der Waals surface area contributed by atoms with E-state index in [1.54, 1.807) is 6.08 Å². The van der Waals surface area contributed by atoms with Crippen molar-refractivity contribution in [3.63, 3.8) is 0 Å². The Morgan fingerprint density at radius 3 is 2.66 bits per heavy atom. The number of carbonyl (C=O) groups is 3. The molecule has 2 aromatic rings. The van der Waals surface area contributed by atoms with E-state index in [4.69, 9.17) is 0 Å². The maximum Gasteiger partial charge on any atom is 0.293 e. The van der Waals surface area contributed by atoms with Crippen LogP contribution in [0.1, 0.15) is 23.1 Å². The highest BCUT2D eigenvalue weighted by molar-refractivity contribution is 8.18. The molecule has 1 aliphatic heterocycles. The first-order chi connectivity index (χ1) is 13.9. The van der Waals surface area contributed by atoms with Crippen LogP contribution in [-0.2, 0) is 16.0 Å². The zero-order valence-corrected chi connectivity index (χ0v) is 16.8. The van der Waals surface area contributed by atoms with Crippen LogP contribution in [-0.4, -0.2) is 35.0 Å². The average molecular weight is 412 g/mol. The minimum Gasteiger partial charge on any atom is -0.354 e. The molecular formula is C22H21FN2O3S. The summed E-state index contributed by atoms with van der Waals surface area (Å²) in [7, 11) is 0. The van der Waals surface area contributed by atoms with Crippen molar-refractivity contribution in [1.29, 1.82) is 0 Å². The molecule has 1 heterocycles. The lowest BCUT2D eigenvalue weighted by atomic mass is 10.1. The standard InChI is InChI=1S/C22H21FN2O3S/c1-15-3-2-4-16(13-15)7-10-20(26)24-11-12-25-21(27)19(29-22(25)28)14-17-5-8-18(23)9-6-17/h2-6,8-9,13-14H,7,10-12H2,1H3,(H,24,26)/b19-14-. The Balaban J connectivity index is 1.47. The lowest BCUT2D eigenvalue weighted by Crippen LogP contribution is -2.37. The Kier molecular flexibility index (Phi) is 6.82. The van der Waals surface area contributed by atoms with Gasteiger partial charge in [-0.25, -0.2) is 4.39 Å². The molecule has 3 rings (SSSR count). The molecule has 150 valence electrons. The van der Waals surface area contributed by atoms with E-state index in [-0.39, 0.29) is 35.0 Å². The third-order valence-corrected chi connectivity index (χ3v) is 5.33. The van der Waals surface area contributed by atoms with Crippen LogP contribution in [0.15, 0.2) is 53.4 Å². The van der Waals surface area contributed by atoms with E-state index in [1.165, 1.54) is 24.3 Å². The Labute approximate surface area is 173 Å². The monoisotopic (exact) mass is 412 g/mol. The number of hydrogen-bond acceptors (Lipinski definition) is 4. The Hall–Kier alpha value is -2.93. The maximum absolute atomic E-state index is 13.0. The number of rotatable bonds is 7. The van der Waals surface area contributed by atoms with Gasteiger partial charge in [0.1, 0.15) is 5.82 Å². The summed E-state index contributed by atoms with van der Waals surface area (Å²) in [6, 6.07) is 13.7. The highest BCUT2D eigenvalue weighted by atomic mass is 32.2. The van der Waals surface area contributed by atoms with Crippen molar-refractivity contribution in [2.24, 2.45) is 0 Å². The zero-order chi connectivity index (χ0) is 20.8. The molecular weight excluding hydrogens is 391 g/mol. The number of amides is 3. The van der Waals surface area contributed by atoms with Crippen LogP contribution < -0.4 is 5.32 Å². The van der Waals surface area contributed by atoms with Gasteiger partial charge < -0.3 is 5.32 Å². The predicted octanol–water partition coefficient (Wildman–Crippen LogP) is 3.92. The fourth-order valence-electron chi connectivity index (χ4n) is 2.92. The van der Waals surface area contributed by atoms with Gasteiger partial charge in [-0.2, -0.15) is 0 Å². The number of halogens is 1. The van der Waals surface area contributed by atoms with Crippen LogP contribution in [0.2, 0.25) is 0 Å². The number of benzene rings is 2. The lowest BCUT2D eigenvalue weighted by Gasteiger charge is -2.13. The molecule has 29 heavy (non-hydrogen) atoms. The summed E-state index contributed by atoms with van der Waals surface area (Å²) < 4.78 is 13.0. The number of hydrogen-bond donors (Lipinski definition) is 1. The third kappa shape index (κ3) is 5.77. The van der Waals surface area contributed by atoms with E-state index in [0.717, 1.165) is 27.8 Å². The lowest BCUT2D eigenvalue weighted by molar-refractivity contribution is -0.124. The summed E-state index contributed by atoms with van der Waals surface area (Å²) in [6.07, 6.45) is 2.54. The highest BCUT2D eigenvalue weighted by Gasteiger charge is 2.34. The molecule has 2 aromatic carbocycles. The molecule has 0 bridgehead atoms. The van der Waals surface area contributed by atoms with Crippen molar-refractivity contribution in [3.8, 4) is 0 Å². The number of nitrogens with one attached hydrogen (secondary N) is 1. The summed E-state index contributed by atoms with van der Waals surface area (Å²) in [5.41, 5.74) is 2.88. The van der Waals surface area contributed by atoms with Crippen molar-refractivity contribution >= 4 is 34.9 Å². The summed E-state index contributed by atoms with van der Waals surface area (Å²) in [4.78, 5) is 38.0. The van der Waals surface area contributed by atoms with Gasteiger partial charge in [-0.3, -0.25) is 19.3 Å². The zero-order valence-electron chi connectivity index (χ0n) is 16.0. The molecule has 1 N–H and O–H groups in total. The first-order valence-electron chi connectivity index (χ1n) is 9.25. The van der Waals surface area contributed by atoms with Gasteiger partial charge in [0.25, 0.3) is 11.1 Å². The molecule has 0 spiro atoms. The molecule has 1 fully saturated rings. The molecule has 1 saturated heterocycles. The van der Waals surface area contributed by atoms with Crippen LogP contribution in [0.25, 0.3) is 6.08 Å². The molecule has 0 atom stereocenters. The smallest absolute Gasteiger partial charge is 0.293 e. The first kappa shape index (κ1) is 20.8. The maximum atomic E-state index is 13.0. The van der Waals surface area contributed by atoms with Crippen molar-refractivity contribution in [2.45, 2.75) is 19.8 Å². The quantitative estimate of drug-likeness (QED) is 0.700. The Morgan fingerprint density at radius 2 is 1.93 bits per heavy atom. The second kappa shape index (κ2) is 9.52. The molecule has 0 radical (unpaired) electrons. The van der Waals surface area contributed by atoms with Crippen molar-refractivity contribution in [3.05, 3.63) is 75.9 Å². The van der Waals surface area contributed by atoms with Crippen LogP contribution in [0.3, 0.4) is 0 Å². The number of aryl methyl sites for hydroxylation is 2. The molecule has 0 unspecified atom stereocenters. The minimum atomic E-state index is -0.404. The highest BCUT2D eigenvalue weighted by Crippen LogP contribution is 2.31. The molecule has 1 aliphatic rings. The normalized spacial score (nSPS) is 15.2. The van der Waals surface area contributed by atoms with Crippen molar-refractivity contribution < 1.29 is 18.8 Å². The molecule has 5 nitrogen and oxygen atoms in total. The number of thioether (sulfide) groups is 1. The molecule has 7 heteroatoms. The second-order valence-electron chi connectivity index (χ2n) is 6.72. The summed E-state index contributed by atoms with van der Waals surface area (Å²) in [5.74, 6) is -0.896. The van der Waals surface area contributed by atoms with Crippen molar-refractivity contribution in [2.75, 3.05) is 13.1 Å². The first-order valence-corrected chi connectivity index (χ1v) is 10.1. The van der Waals surface area contributed by atoms with Crippen LogP contribution in [0.4, 0.5) is 9.18 Å². The SMILES string of the molecule is Cc1cccc(CCC(=O)NCCN2C(=O)S/C(=C\c3ccc(F)cc3)C2=O)c1. The Morgan fingerprint density at radius 1 is 1.17 bits per heavy atom. The van der Waals surface area contributed by atoms with Crippen LogP contribution in [0.5, 0.6) is 0 Å². The largest absolute Gasteiger partial charge is 0.354 e. The second-order valence-corrected chi connectivity index (χ2v) is 7.72. The fourth-order valence-corrected chi connectivity index (χ4v) is 3.79. The van der Waals surface area contributed by atoms with E-state index < -0.39 is 5.91 Å². The van der Waals surface area contributed by atoms with Crippen molar-refractivity contribution in [1.82, 2.24) is 10.2 Å². The van der Waals surface area contributed by atoms with Crippen LogP contribution in [0, 0.1) is 12.7 Å². The Bertz CT molecular complexity index is 957. The minimum absolute atomic E-state index is 0.113. The van der Waals surface area contributed by atoms with E-state index in [0.29, 0.717) is 18.4 Å². The van der Waals surface area contributed by atoms with Gasteiger partial charge >= 0.3 is 0 Å². The number of imide groups is 1. The average Bonchev–Trinajstić information content (AvgIpc) is 2.95. The van der Waals surface area contributed by atoms with Gasteiger partial charge in [0.15, 0.2) is 0 Å². The number of carbonyl (C=O) groups excluding carboxylic acids is 3. The van der Waals surface area contributed by atoms with Gasteiger partial charge in [0.05, 0.1) is 4.91 Å². The summed E-state index contributed by atoms with van der Waals surface area (Å²) in [5, 5.41) is 2.37. The van der Waals surface area contributed by atoms with Gasteiger partial charge in [0.2, 0.25) is 5.91 Å². The molecule has 0 saturated carbocycles. The molecule has 0 aliphatic carbocycles. The van der Waals surface area contributed by atoms with Gasteiger partial charge in [-0.1, -0.05) is 42.0 Å². The fraction of sp³-hybridized carbons (Fsp3) is 0.227. The van der Waals surface area contributed by atoms with E-state index in [1.807, 2.05) is 31.2 Å². The van der Waals surface area contributed by atoms with E-state index in [9.17, 15) is 18.8 Å². The summed E-state index contributed by atoms with van der Waals surface area (Å²) >= 11 is 0.841. The van der Waals surface area contributed by atoms with E-state index >= 15 is 0 Å². The van der Waals surface area contributed by atoms with Gasteiger partial charge in [-0.05, 0) is 54.4 Å². The molecule has 3 amide bonds.